The van der Waals surface area contributed by atoms with E-state index in [1.165, 1.54) is 11.5 Å². The fraction of sp³-hybridized carbons (Fsp3) is 0.263. The van der Waals surface area contributed by atoms with Crippen LogP contribution in [0, 0.1) is 11.7 Å². The van der Waals surface area contributed by atoms with Crippen molar-refractivity contribution in [1.29, 1.82) is 0 Å². The van der Waals surface area contributed by atoms with E-state index in [-0.39, 0.29) is 12.2 Å². The van der Waals surface area contributed by atoms with Gasteiger partial charge in [0.1, 0.15) is 5.82 Å². The summed E-state index contributed by atoms with van der Waals surface area (Å²) in [6.07, 6.45) is 1.38. The molecule has 1 atom stereocenters. The standard InChI is InChI=1S/C19H21FN2O3/c20-17-11-13(9-10-16(17)14-6-2-1-3-7-14)5-4-8-15(19(21)24)12-18(23)22-25/h1-3,6-7,9-11,15,25H,4-5,8,12H2,(H2,21,24)(H,22,23). The molecule has 1 unspecified atom stereocenters. The van der Waals surface area contributed by atoms with Crippen LogP contribution in [0.2, 0.25) is 0 Å². The van der Waals surface area contributed by atoms with Crippen LogP contribution in [0.25, 0.3) is 11.1 Å². The van der Waals surface area contributed by atoms with Crippen LogP contribution in [0.3, 0.4) is 0 Å². The van der Waals surface area contributed by atoms with Crippen molar-refractivity contribution in [2.45, 2.75) is 25.7 Å². The molecule has 2 rings (SSSR count). The molecule has 0 radical (unpaired) electrons. The van der Waals surface area contributed by atoms with Crippen LogP contribution in [-0.4, -0.2) is 17.0 Å². The van der Waals surface area contributed by atoms with Crippen molar-refractivity contribution in [3.8, 4) is 11.1 Å². The van der Waals surface area contributed by atoms with Gasteiger partial charge in [-0.3, -0.25) is 14.8 Å². The Morgan fingerprint density at radius 2 is 1.88 bits per heavy atom. The van der Waals surface area contributed by atoms with Crippen LogP contribution in [0.4, 0.5) is 4.39 Å². The maximum Gasteiger partial charge on any atom is 0.244 e. The number of amides is 2. The number of rotatable bonds is 8. The molecular formula is C19H21FN2O3. The molecule has 0 fully saturated rings. The van der Waals surface area contributed by atoms with Crippen molar-refractivity contribution >= 4 is 11.8 Å². The van der Waals surface area contributed by atoms with E-state index < -0.39 is 17.7 Å². The molecule has 0 aliphatic rings. The summed E-state index contributed by atoms with van der Waals surface area (Å²) >= 11 is 0. The maximum absolute atomic E-state index is 14.3. The number of carbonyl (C=O) groups excluding carboxylic acids is 2. The van der Waals surface area contributed by atoms with Crippen molar-refractivity contribution in [3.63, 3.8) is 0 Å². The van der Waals surface area contributed by atoms with Gasteiger partial charge in [0, 0.05) is 17.9 Å². The number of aryl methyl sites for hydroxylation is 1. The largest absolute Gasteiger partial charge is 0.369 e. The van der Waals surface area contributed by atoms with E-state index in [1.54, 1.807) is 6.07 Å². The van der Waals surface area contributed by atoms with E-state index in [1.807, 2.05) is 36.4 Å². The zero-order valence-corrected chi connectivity index (χ0v) is 13.7. The van der Waals surface area contributed by atoms with Gasteiger partial charge in [-0.2, -0.15) is 0 Å². The van der Waals surface area contributed by atoms with E-state index in [2.05, 4.69) is 0 Å². The lowest BCUT2D eigenvalue weighted by atomic mass is 9.95. The number of halogens is 1. The normalized spacial score (nSPS) is 11.8. The molecule has 0 saturated carbocycles. The van der Waals surface area contributed by atoms with Gasteiger partial charge in [-0.25, -0.2) is 9.87 Å². The summed E-state index contributed by atoms with van der Waals surface area (Å²) in [6, 6.07) is 14.4. The van der Waals surface area contributed by atoms with E-state index in [9.17, 15) is 14.0 Å². The number of hydroxylamine groups is 1. The summed E-state index contributed by atoms with van der Waals surface area (Å²) in [5, 5.41) is 8.53. The summed E-state index contributed by atoms with van der Waals surface area (Å²) in [5.74, 6) is -2.19. The van der Waals surface area contributed by atoms with Gasteiger partial charge >= 0.3 is 0 Å². The first-order chi connectivity index (χ1) is 12.0. The summed E-state index contributed by atoms with van der Waals surface area (Å²) in [4.78, 5) is 22.5. The van der Waals surface area contributed by atoms with E-state index in [0.717, 1.165) is 11.1 Å². The van der Waals surface area contributed by atoms with Gasteiger partial charge in [-0.05, 0) is 36.5 Å². The second kappa shape index (κ2) is 8.94. The van der Waals surface area contributed by atoms with Crippen LogP contribution in [-0.2, 0) is 16.0 Å². The Labute approximate surface area is 145 Å². The molecule has 0 heterocycles. The minimum Gasteiger partial charge on any atom is -0.369 e. The van der Waals surface area contributed by atoms with Crippen molar-refractivity contribution < 1.29 is 19.2 Å². The highest BCUT2D eigenvalue weighted by Gasteiger charge is 2.19. The predicted molar refractivity (Wildman–Crippen MR) is 92.0 cm³/mol. The van der Waals surface area contributed by atoms with E-state index in [4.69, 9.17) is 10.9 Å². The third-order valence-electron chi connectivity index (χ3n) is 4.10. The summed E-state index contributed by atoms with van der Waals surface area (Å²) in [5.41, 5.74) is 8.93. The molecule has 0 saturated heterocycles. The number of hydrogen-bond donors (Lipinski definition) is 3. The lowest BCUT2D eigenvalue weighted by Gasteiger charge is -2.12. The molecule has 0 aliphatic carbocycles. The Morgan fingerprint density at radius 3 is 2.48 bits per heavy atom. The molecule has 0 aromatic heterocycles. The number of carbonyl (C=O) groups is 2. The number of nitrogens with two attached hydrogens (primary N) is 1. The first-order valence-electron chi connectivity index (χ1n) is 8.07. The Balaban J connectivity index is 1.96. The van der Waals surface area contributed by atoms with Gasteiger partial charge in [0.05, 0.1) is 0 Å². The first kappa shape index (κ1) is 18.6. The summed E-state index contributed by atoms with van der Waals surface area (Å²) in [7, 11) is 0. The van der Waals surface area contributed by atoms with Gasteiger partial charge < -0.3 is 5.73 Å². The van der Waals surface area contributed by atoms with Crippen LogP contribution >= 0.6 is 0 Å². The fourth-order valence-corrected chi connectivity index (χ4v) is 2.73. The minimum absolute atomic E-state index is 0.160. The predicted octanol–water partition coefficient (Wildman–Crippen LogP) is 2.81. The number of nitrogens with one attached hydrogen (secondary N) is 1. The number of benzene rings is 2. The molecule has 2 aromatic rings. The zero-order chi connectivity index (χ0) is 18.2. The van der Waals surface area contributed by atoms with Crippen LogP contribution in [0.1, 0.15) is 24.8 Å². The van der Waals surface area contributed by atoms with Crippen molar-refractivity contribution in [2.75, 3.05) is 0 Å². The molecule has 4 N–H and O–H groups in total. The zero-order valence-electron chi connectivity index (χ0n) is 13.7. The third-order valence-corrected chi connectivity index (χ3v) is 4.10. The van der Waals surface area contributed by atoms with Gasteiger partial charge in [0.2, 0.25) is 11.8 Å². The molecule has 25 heavy (non-hydrogen) atoms. The Kier molecular flexibility index (Phi) is 6.65. The van der Waals surface area contributed by atoms with E-state index >= 15 is 0 Å². The highest BCUT2D eigenvalue weighted by molar-refractivity contribution is 5.84. The molecule has 132 valence electrons. The molecule has 2 aromatic carbocycles. The number of hydrogen-bond acceptors (Lipinski definition) is 3. The van der Waals surface area contributed by atoms with Gasteiger partial charge in [-0.15, -0.1) is 0 Å². The quantitative estimate of drug-likeness (QED) is 0.508. The van der Waals surface area contributed by atoms with Crippen molar-refractivity contribution in [3.05, 3.63) is 59.9 Å². The van der Waals surface area contributed by atoms with Crippen LogP contribution in [0.15, 0.2) is 48.5 Å². The highest BCUT2D eigenvalue weighted by Crippen LogP contribution is 2.24. The third kappa shape index (κ3) is 5.39. The van der Waals surface area contributed by atoms with E-state index in [0.29, 0.717) is 24.8 Å². The average molecular weight is 344 g/mol. The van der Waals surface area contributed by atoms with Gasteiger partial charge in [0.25, 0.3) is 0 Å². The second-order valence-electron chi connectivity index (χ2n) is 5.91. The molecule has 2 amide bonds. The van der Waals surface area contributed by atoms with Crippen LogP contribution < -0.4 is 11.2 Å². The van der Waals surface area contributed by atoms with Crippen molar-refractivity contribution in [1.82, 2.24) is 5.48 Å². The maximum atomic E-state index is 14.3. The van der Waals surface area contributed by atoms with Crippen molar-refractivity contribution in [2.24, 2.45) is 11.7 Å². The summed E-state index contributed by atoms with van der Waals surface area (Å²) < 4.78 is 14.3. The Hall–Kier alpha value is -2.73. The fourth-order valence-electron chi connectivity index (χ4n) is 2.73. The SMILES string of the molecule is NC(=O)C(CCCc1ccc(-c2ccccc2)c(F)c1)CC(=O)NO. The molecule has 0 spiro atoms. The smallest absolute Gasteiger partial charge is 0.244 e. The number of primary amides is 1. The monoisotopic (exact) mass is 344 g/mol. The molecular weight excluding hydrogens is 323 g/mol. The lowest BCUT2D eigenvalue weighted by molar-refractivity contribution is -0.133. The second-order valence-corrected chi connectivity index (χ2v) is 5.91. The summed E-state index contributed by atoms with van der Waals surface area (Å²) in [6.45, 7) is 0. The molecule has 5 nitrogen and oxygen atoms in total. The topological polar surface area (TPSA) is 92.4 Å². The first-order valence-corrected chi connectivity index (χ1v) is 8.07. The van der Waals surface area contributed by atoms with Gasteiger partial charge in [0.15, 0.2) is 0 Å². The van der Waals surface area contributed by atoms with Gasteiger partial charge in [-0.1, -0.05) is 42.5 Å². The van der Waals surface area contributed by atoms with Crippen LogP contribution in [0.5, 0.6) is 0 Å². The Bertz CT molecular complexity index is 735. The average Bonchev–Trinajstić information content (AvgIpc) is 2.61. The highest BCUT2D eigenvalue weighted by atomic mass is 19.1. The molecule has 6 heteroatoms. The lowest BCUT2D eigenvalue weighted by Crippen LogP contribution is -2.30. The molecule has 0 aliphatic heterocycles. The minimum atomic E-state index is -0.652. The Morgan fingerprint density at radius 1 is 1.16 bits per heavy atom. The molecule has 0 bridgehead atoms.